The normalized spacial score (nSPS) is 12.2. The molecule has 0 fully saturated rings. The molecule has 25 heavy (non-hydrogen) atoms. The standard InChI is InChI=1S/C20H19N5/c1-14-12-19-20(22-10-11-25(19)24-14)23-15(2)16-5-7-17(8-6-16)18-4-3-9-21-13-18/h3-13,15H,1-2H3,(H,22,23). The first-order valence-electron chi connectivity index (χ1n) is 8.28. The third kappa shape index (κ3) is 3.08. The van der Waals surface area contributed by atoms with Crippen LogP contribution in [-0.2, 0) is 0 Å². The molecule has 0 saturated heterocycles. The van der Waals surface area contributed by atoms with E-state index in [0.29, 0.717) is 0 Å². The second-order valence-electron chi connectivity index (χ2n) is 6.12. The second-order valence-corrected chi connectivity index (χ2v) is 6.12. The summed E-state index contributed by atoms with van der Waals surface area (Å²) in [5, 5.41) is 7.92. The SMILES string of the molecule is Cc1cc2c(NC(C)c3ccc(-c4cccnc4)cc3)nccn2n1. The van der Waals surface area contributed by atoms with Crippen molar-refractivity contribution in [2.24, 2.45) is 0 Å². The average Bonchev–Trinajstić information content (AvgIpc) is 3.04. The number of nitrogens with zero attached hydrogens (tertiary/aromatic N) is 4. The van der Waals surface area contributed by atoms with Crippen molar-refractivity contribution in [3.63, 3.8) is 0 Å². The molecule has 1 N–H and O–H groups in total. The molecule has 1 aromatic carbocycles. The molecule has 5 heteroatoms. The van der Waals surface area contributed by atoms with Crippen LogP contribution in [0.25, 0.3) is 16.6 Å². The van der Waals surface area contributed by atoms with Crippen molar-refractivity contribution >= 4 is 11.3 Å². The number of hydrogen-bond donors (Lipinski definition) is 1. The number of pyridine rings is 1. The van der Waals surface area contributed by atoms with Crippen molar-refractivity contribution in [1.29, 1.82) is 0 Å². The molecular weight excluding hydrogens is 310 g/mol. The Bertz CT molecular complexity index is 990. The van der Waals surface area contributed by atoms with Gasteiger partial charge in [-0.3, -0.25) is 4.98 Å². The summed E-state index contributed by atoms with van der Waals surface area (Å²) in [6.07, 6.45) is 7.29. The molecule has 0 amide bonds. The fourth-order valence-corrected chi connectivity index (χ4v) is 2.94. The number of aromatic nitrogens is 4. The van der Waals surface area contributed by atoms with E-state index in [0.717, 1.165) is 28.2 Å². The summed E-state index contributed by atoms with van der Waals surface area (Å²) in [6, 6.07) is 14.7. The first-order valence-corrected chi connectivity index (χ1v) is 8.28. The summed E-state index contributed by atoms with van der Waals surface area (Å²) in [5.74, 6) is 0.840. The number of rotatable bonds is 4. The van der Waals surface area contributed by atoms with E-state index in [2.05, 4.69) is 57.6 Å². The molecule has 0 radical (unpaired) electrons. The predicted molar refractivity (Wildman–Crippen MR) is 99.4 cm³/mol. The Morgan fingerprint density at radius 3 is 2.64 bits per heavy atom. The first-order chi connectivity index (χ1) is 12.2. The number of anilines is 1. The molecule has 0 spiro atoms. The van der Waals surface area contributed by atoms with Crippen LogP contribution in [0.4, 0.5) is 5.82 Å². The van der Waals surface area contributed by atoms with Crippen molar-refractivity contribution in [3.8, 4) is 11.1 Å². The van der Waals surface area contributed by atoms with Gasteiger partial charge in [0.1, 0.15) is 5.52 Å². The number of aryl methyl sites for hydroxylation is 1. The molecule has 0 aliphatic rings. The van der Waals surface area contributed by atoms with Gasteiger partial charge in [-0.1, -0.05) is 30.3 Å². The maximum absolute atomic E-state index is 4.47. The Hall–Kier alpha value is -3.21. The van der Waals surface area contributed by atoms with Crippen LogP contribution in [0.15, 0.2) is 67.3 Å². The van der Waals surface area contributed by atoms with Crippen LogP contribution in [0.2, 0.25) is 0 Å². The highest BCUT2D eigenvalue weighted by atomic mass is 15.2. The number of nitrogens with one attached hydrogen (secondary N) is 1. The first kappa shape index (κ1) is 15.3. The molecule has 3 heterocycles. The van der Waals surface area contributed by atoms with Gasteiger partial charge in [-0.25, -0.2) is 9.50 Å². The summed E-state index contributed by atoms with van der Waals surface area (Å²) in [4.78, 5) is 8.65. The van der Waals surface area contributed by atoms with Gasteiger partial charge in [-0.2, -0.15) is 5.10 Å². The minimum atomic E-state index is 0.136. The molecule has 124 valence electrons. The third-order valence-electron chi connectivity index (χ3n) is 4.27. The maximum atomic E-state index is 4.47. The van der Waals surface area contributed by atoms with Crippen LogP contribution in [0.5, 0.6) is 0 Å². The van der Waals surface area contributed by atoms with E-state index in [4.69, 9.17) is 0 Å². The molecule has 1 unspecified atom stereocenters. The highest BCUT2D eigenvalue weighted by molar-refractivity contribution is 5.68. The van der Waals surface area contributed by atoms with E-state index in [-0.39, 0.29) is 6.04 Å². The molecule has 0 aliphatic heterocycles. The fraction of sp³-hybridized carbons (Fsp3) is 0.150. The Morgan fingerprint density at radius 2 is 1.88 bits per heavy atom. The van der Waals surface area contributed by atoms with Gasteiger partial charge in [0.15, 0.2) is 5.82 Å². The third-order valence-corrected chi connectivity index (χ3v) is 4.27. The smallest absolute Gasteiger partial charge is 0.152 e. The highest BCUT2D eigenvalue weighted by Gasteiger charge is 2.10. The minimum absolute atomic E-state index is 0.136. The maximum Gasteiger partial charge on any atom is 0.152 e. The van der Waals surface area contributed by atoms with Crippen LogP contribution in [-0.4, -0.2) is 19.6 Å². The topological polar surface area (TPSA) is 55.1 Å². The largest absolute Gasteiger partial charge is 0.362 e. The van der Waals surface area contributed by atoms with Gasteiger partial charge >= 0.3 is 0 Å². The Balaban J connectivity index is 1.57. The van der Waals surface area contributed by atoms with Gasteiger partial charge in [0.05, 0.1) is 11.7 Å². The van der Waals surface area contributed by atoms with Gasteiger partial charge in [-0.05, 0) is 42.7 Å². The second kappa shape index (κ2) is 6.36. The Labute approximate surface area is 146 Å². The molecule has 0 bridgehead atoms. The lowest BCUT2D eigenvalue weighted by Gasteiger charge is -2.16. The van der Waals surface area contributed by atoms with Crippen molar-refractivity contribution in [3.05, 3.63) is 78.5 Å². The molecule has 0 saturated carbocycles. The van der Waals surface area contributed by atoms with E-state index < -0.39 is 0 Å². The monoisotopic (exact) mass is 329 g/mol. The fourth-order valence-electron chi connectivity index (χ4n) is 2.94. The van der Waals surface area contributed by atoms with Crippen LogP contribution in [0.1, 0.15) is 24.2 Å². The number of benzene rings is 1. The lowest BCUT2D eigenvalue weighted by molar-refractivity contribution is 0.864. The summed E-state index contributed by atoms with van der Waals surface area (Å²) < 4.78 is 1.85. The van der Waals surface area contributed by atoms with Crippen molar-refractivity contribution in [1.82, 2.24) is 19.6 Å². The molecular formula is C20H19N5. The summed E-state index contributed by atoms with van der Waals surface area (Å²) >= 11 is 0. The molecule has 5 nitrogen and oxygen atoms in total. The Morgan fingerprint density at radius 1 is 1.04 bits per heavy atom. The van der Waals surface area contributed by atoms with Crippen LogP contribution >= 0.6 is 0 Å². The van der Waals surface area contributed by atoms with Gasteiger partial charge in [0, 0.05) is 24.8 Å². The molecule has 1 atom stereocenters. The van der Waals surface area contributed by atoms with E-state index in [1.807, 2.05) is 36.0 Å². The van der Waals surface area contributed by atoms with E-state index >= 15 is 0 Å². The summed E-state index contributed by atoms with van der Waals surface area (Å²) in [5.41, 5.74) is 5.45. The summed E-state index contributed by atoms with van der Waals surface area (Å²) in [6.45, 7) is 4.12. The number of fused-ring (bicyclic) bond motifs is 1. The molecule has 4 rings (SSSR count). The van der Waals surface area contributed by atoms with E-state index in [9.17, 15) is 0 Å². The summed E-state index contributed by atoms with van der Waals surface area (Å²) in [7, 11) is 0. The van der Waals surface area contributed by atoms with Gasteiger partial charge < -0.3 is 5.32 Å². The minimum Gasteiger partial charge on any atom is -0.362 e. The lowest BCUT2D eigenvalue weighted by atomic mass is 10.0. The van der Waals surface area contributed by atoms with Crippen molar-refractivity contribution in [2.75, 3.05) is 5.32 Å². The lowest BCUT2D eigenvalue weighted by Crippen LogP contribution is -2.09. The zero-order chi connectivity index (χ0) is 17.2. The van der Waals surface area contributed by atoms with E-state index in [1.54, 1.807) is 12.4 Å². The van der Waals surface area contributed by atoms with Crippen molar-refractivity contribution < 1.29 is 0 Å². The number of hydrogen-bond acceptors (Lipinski definition) is 4. The van der Waals surface area contributed by atoms with Crippen LogP contribution in [0.3, 0.4) is 0 Å². The highest BCUT2D eigenvalue weighted by Crippen LogP contribution is 2.24. The van der Waals surface area contributed by atoms with Crippen LogP contribution < -0.4 is 5.32 Å². The van der Waals surface area contributed by atoms with Crippen molar-refractivity contribution in [2.45, 2.75) is 19.9 Å². The molecule has 3 aromatic heterocycles. The molecule has 0 aliphatic carbocycles. The average molecular weight is 329 g/mol. The quantitative estimate of drug-likeness (QED) is 0.607. The Kier molecular flexibility index (Phi) is 3.90. The predicted octanol–water partition coefficient (Wildman–Crippen LogP) is 4.27. The van der Waals surface area contributed by atoms with Gasteiger partial charge in [-0.15, -0.1) is 0 Å². The van der Waals surface area contributed by atoms with Gasteiger partial charge in [0.2, 0.25) is 0 Å². The van der Waals surface area contributed by atoms with Crippen LogP contribution in [0, 0.1) is 6.92 Å². The van der Waals surface area contributed by atoms with E-state index in [1.165, 1.54) is 5.56 Å². The zero-order valence-corrected chi connectivity index (χ0v) is 14.2. The zero-order valence-electron chi connectivity index (χ0n) is 14.2. The van der Waals surface area contributed by atoms with Gasteiger partial charge in [0.25, 0.3) is 0 Å². The molecule has 4 aromatic rings.